The molecule has 1 fully saturated rings. The van der Waals surface area contributed by atoms with E-state index in [9.17, 15) is 4.79 Å². The second-order valence-corrected chi connectivity index (χ2v) is 6.99. The Balaban J connectivity index is 1.38. The van der Waals surface area contributed by atoms with Gasteiger partial charge in [-0.25, -0.2) is 0 Å². The van der Waals surface area contributed by atoms with E-state index in [0.29, 0.717) is 13.1 Å². The molecule has 6 nitrogen and oxygen atoms in total. The summed E-state index contributed by atoms with van der Waals surface area (Å²) in [6.45, 7) is 10.2. The number of quaternary nitrogens is 2. The Labute approximate surface area is 148 Å². The van der Waals surface area contributed by atoms with E-state index < -0.39 is 0 Å². The van der Waals surface area contributed by atoms with E-state index in [2.05, 4.69) is 29.5 Å². The monoisotopic (exact) mass is 344 g/mol. The zero-order valence-electron chi connectivity index (χ0n) is 15.1. The van der Waals surface area contributed by atoms with Crippen molar-refractivity contribution in [2.24, 2.45) is 0 Å². The van der Waals surface area contributed by atoms with Gasteiger partial charge in [0.15, 0.2) is 6.54 Å². The highest BCUT2D eigenvalue weighted by Crippen LogP contribution is 2.05. The number of piperazine rings is 1. The van der Waals surface area contributed by atoms with Crippen LogP contribution in [0.4, 0.5) is 0 Å². The van der Waals surface area contributed by atoms with Crippen molar-refractivity contribution < 1.29 is 19.1 Å². The molecule has 1 aromatic heterocycles. The molecule has 0 unspecified atom stereocenters. The molecule has 3 rings (SSSR count). The molecular weight excluding hydrogens is 316 g/mol. The van der Waals surface area contributed by atoms with Gasteiger partial charge >= 0.3 is 0 Å². The Kier molecular flexibility index (Phi) is 5.83. The average Bonchev–Trinajstić information content (AvgIpc) is 3.01. The Morgan fingerprint density at radius 3 is 2.56 bits per heavy atom. The van der Waals surface area contributed by atoms with E-state index in [4.69, 9.17) is 4.52 Å². The smallest absolute Gasteiger partial charge is 0.275 e. The van der Waals surface area contributed by atoms with E-state index in [1.807, 2.05) is 25.1 Å². The van der Waals surface area contributed by atoms with Crippen molar-refractivity contribution in [1.29, 1.82) is 0 Å². The lowest BCUT2D eigenvalue weighted by atomic mass is 10.1. The van der Waals surface area contributed by atoms with Crippen LogP contribution >= 0.6 is 0 Å². The van der Waals surface area contributed by atoms with E-state index in [1.54, 1.807) is 0 Å². The largest absolute Gasteiger partial charge is 0.361 e. The van der Waals surface area contributed by atoms with Crippen molar-refractivity contribution >= 4 is 5.91 Å². The number of benzene rings is 1. The molecule has 25 heavy (non-hydrogen) atoms. The lowest BCUT2D eigenvalue weighted by molar-refractivity contribution is -1.02. The summed E-state index contributed by atoms with van der Waals surface area (Å²) < 4.78 is 5.13. The maximum Gasteiger partial charge on any atom is 0.275 e. The van der Waals surface area contributed by atoms with Gasteiger partial charge in [0.05, 0.1) is 0 Å². The summed E-state index contributed by atoms with van der Waals surface area (Å²) in [5, 5.41) is 7.12. The highest BCUT2D eigenvalue weighted by Gasteiger charge is 2.25. The van der Waals surface area contributed by atoms with Gasteiger partial charge < -0.3 is 19.6 Å². The molecule has 1 amide bonds. The average molecular weight is 344 g/mol. The molecule has 134 valence electrons. The molecule has 1 aromatic carbocycles. The van der Waals surface area contributed by atoms with E-state index in [0.717, 1.165) is 44.2 Å². The minimum atomic E-state index is 0.133. The van der Waals surface area contributed by atoms with Crippen LogP contribution in [0.5, 0.6) is 0 Å². The van der Waals surface area contributed by atoms with Crippen LogP contribution in [0, 0.1) is 13.8 Å². The minimum Gasteiger partial charge on any atom is -0.361 e. The first kappa shape index (κ1) is 17.6. The molecule has 1 aliphatic rings. The summed E-state index contributed by atoms with van der Waals surface area (Å²) in [5.41, 5.74) is 3.42. The number of rotatable bonds is 6. The number of nitrogens with zero attached hydrogens (tertiary/aromatic N) is 1. The van der Waals surface area contributed by atoms with E-state index in [-0.39, 0.29) is 5.91 Å². The topological polar surface area (TPSA) is 64.0 Å². The van der Waals surface area contributed by atoms with Gasteiger partial charge in [-0.3, -0.25) is 4.79 Å². The molecule has 2 heterocycles. The Hall–Kier alpha value is -2.18. The molecule has 2 aromatic rings. The Bertz CT molecular complexity index is 705. The molecular formula is C19H28N4O2+2. The fourth-order valence-electron chi connectivity index (χ4n) is 3.36. The summed E-state index contributed by atoms with van der Waals surface area (Å²) in [7, 11) is 0. The minimum absolute atomic E-state index is 0.133. The second-order valence-electron chi connectivity index (χ2n) is 6.99. The van der Waals surface area contributed by atoms with Gasteiger partial charge in [0.1, 0.15) is 44.2 Å². The number of aromatic nitrogens is 1. The molecule has 0 aliphatic carbocycles. The molecule has 0 atom stereocenters. The van der Waals surface area contributed by atoms with Gasteiger partial charge in [-0.1, -0.05) is 29.4 Å². The van der Waals surface area contributed by atoms with Crippen LogP contribution in [0.25, 0.3) is 0 Å². The van der Waals surface area contributed by atoms with Crippen LogP contribution in [-0.2, 0) is 17.9 Å². The van der Waals surface area contributed by atoms with Crippen molar-refractivity contribution in [2.75, 3.05) is 32.7 Å². The van der Waals surface area contributed by atoms with Gasteiger partial charge in [-0.15, -0.1) is 0 Å². The number of carbonyl (C=O) groups is 1. The van der Waals surface area contributed by atoms with Gasteiger partial charge in [0.2, 0.25) is 0 Å². The van der Waals surface area contributed by atoms with Crippen LogP contribution in [0.2, 0.25) is 0 Å². The third-order valence-corrected chi connectivity index (χ3v) is 4.92. The van der Waals surface area contributed by atoms with Crippen molar-refractivity contribution in [3.05, 3.63) is 52.9 Å². The first-order valence-electron chi connectivity index (χ1n) is 9.00. The van der Waals surface area contributed by atoms with Crippen LogP contribution in [0.1, 0.15) is 22.6 Å². The maximum absolute atomic E-state index is 12.2. The van der Waals surface area contributed by atoms with Crippen molar-refractivity contribution in [1.82, 2.24) is 10.5 Å². The first-order valence-corrected chi connectivity index (χ1v) is 9.00. The van der Waals surface area contributed by atoms with Crippen molar-refractivity contribution in [3.8, 4) is 0 Å². The van der Waals surface area contributed by atoms with E-state index >= 15 is 0 Å². The number of hydrogen-bond donors (Lipinski definition) is 3. The summed E-state index contributed by atoms with van der Waals surface area (Å²) in [5.74, 6) is 0.998. The number of carbonyl (C=O) groups excluding carboxylic acids is 1. The van der Waals surface area contributed by atoms with Crippen LogP contribution in [0.3, 0.4) is 0 Å². The molecule has 0 radical (unpaired) electrons. The van der Waals surface area contributed by atoms with Crippen molar-refractivity contribution in [3.63, 3.8) is 0 Å². The normalized spacial score (nSPS) is 20.4. The van der Waals surface area contributed by atoms with Crippen LogP contribution < -0.4 is 15.1 Å². The molecule has 0 saturated carbocycles. The fourth-order valence-corrected chi connectivity index (χ4v) is 3.36. The zero-order chi connectivity index (χ0) is 17.6. The highest BCUT2D eigenvalue weighted by atomic mass is 16.5. The first-order chi connectivity index (χ1) is 12.1. The zero-order valence-corrected chi connectivity index (χ0v) is 15.1. The Morgan fingerprint density at radius 2 is 1.88 bits per heavy atom. The molecule has 1 aliphatic heterocycles. The predicted octanol–water partition coefficient (Wildman–Crippen LogP) is -1.11. The number of amides is 1. The SMILES string of the molecule is Cc1cc(C[NH+]2CC[NH+](CC(=O)NCc3ccccc3C)CC2)no1. The Morgan fingerprint density at radius 1 is 1.16 bits per heavy atom. The number of aryl methyl sites for hydroxylation is 2. The second kappa shape index (κ2) is 8.27. The van der Waals surface area contributed by atoms with Gasteiger partial charge in [-0.05, 0) is 25.0 Å². The van der Waals surface area contributed by atoms with Crippen molar-refractivity contribution in [2.45, 2.75) is 26.9 Å². The molecule has 0 spiro atoms. The lowest BCUT2D eigenvalue weighted by Gasteiger charge is -2.28. The standard InChI is InChI=1S/C19H26N4O2/c1-15-5-3-4-6-17(15)12-20-19(24)14-23-9-7-22(8-10-23)13-18-11-16(2)25-21-18/h3-6,11H,7-10,12-14H2,1-2H3,(H,20,24)/p+2. The number of nitrogens with one attached hydrogen (secondary N) is 3. The van der Waals surface area contributed by atoms with Gasteiger partial charge in [0.25, 0.3) is 5.91 Å². The molecule has 3 N–H and O–H groups in total. The molecule has 6 heteroatoms. The van der Waals surface area contributed by atoms with Gasteiger partial charge in [-0.2, -0.15) is 0 Å². The van der Waals surface area contributed by atoms with E-state index in [1.165, 1.54) is 20.9 Å². The summed E-state index contributed by atoms with van der Waals surface area (Å²) in [4.78, 5) is 15.1. The third kappa shape index (κ3) is 5.14. The third-order valence-electron chi connectivity index (χ3n) is 4.92. The molecule has 1 saturated heterocycles. The van der Waals surface area contributed by atoms with Gasteiger partial charge in [0, 0.05) is 12.6 Å². The summed E-state index contributed by atoms with van der Waals surface area (Å²) >= 11 is 0. The van der Waals surface area contributed by atoms with Crippen LogP contribution in [0.15, 0.2) is 34.9 Å². The fraction of sp³-hybridized carbons (Fsp3) is 0.474. The summed E-state index contributed by atoms with van der Waals surface area (Å²) in [6, 6.07) is 10.2. The maximum atomic E-state index is 12.2. The quantitative estimate of drug-likeness (QED) is 0.623. The summed E-state index contributed by atoms with van der Waals surface area (Å²) in [6.07, 6.45) is 0. The highest BCUT2D eigenvalue weighted by molar-refractivity contribution is 5.76. The van der Waals surface area contributed by atoms with Crippen LogP contribution in [-0.4, -0.2) is 43.8 Å². The predicted molar refractivity (Wildman–Crippen MR) is 94.2 cm³/mol. The number of hydrogen-bond acceptors (Lipinski definition) is 3. The molecule has 0 bridgehead atoms. The lowest BCUT2D eigenvalue weighted by Crippen LogP contribution is -3.28.